The normalized spacial score (nSPS) is 16.2. The monoisotopic (exact) mass is 587 g/mol. The van der Waals surface area contributed by atoms with Crippen LogP contribution in [0.15, 0.2) is 174 Å². The van der Waals surface area contributed by atoms with E-state index >= 15 is 0 Å². The SMILES string of the molecule is [2H]c1c([2H])c([2H])c(-c2c([2H])c([2H])c([2H])c3c2oc2c([2H])c([2H])c([2H])c(-c4c([2H])c([2H])c([2H])c(-c5c6ccccc6c(-c6ccccc6)c6ccccc56)c4[2H])c23)c([2H])c1[2H]. The first kappa shape index (κ1) is 14.7. The van der Waals surface area contributed by atoms with E-state index in [9.17, 15) is 5.48 Å². The highest BCUT2D eigenvalue weighted by Crippen LogP contribution is 2.45. The Morgan fingerprint density at radius 2 is 0.956 bits per heavy atom. The number of hydrogen-bond acceptors (Lipinski definition) is 1. The van der Waals surface area contributed by atoms with Gasteiger partial charge in [-0.2, -0.15) is 0 Å². The lowest BCUT2D eigenvalue weighted by Crippen LogP contribution is -1.91. The Morgan fingerprint density at radius 3 is 1.67 bits per heavy atom. The van der Waals surface area contributed by atoms with Crippen molar-refractivity contribution in [2.75, 3.05) is 0 Å². The van der Waals surface area contributed by atoms with Gasteiger partial charge in [-0.25, -0.2) is 0 Å². The smallest absolute Gasteiger partial charge is 0.143 e. The number of rotatable bonds is 4. The Bertz CT molecular complexity index is 3290. The predicted molar refractivity (Wildman–Crippen MR) is 190 cm³/mol. The van der Waals surface area contributed by atoms with Crippen LogP contribution in [0.2, 0.25) is 0 Å². The zero-order valence-corrected chi connectivity index (χ0v) is 23.4. The van der Waals surface area contributed by atoms with Gasteiger partial charge in [0.15, 0.2) is 0 Å². The maximum Gasteiger partial charge on any atom is 0.143 e. The van der Waals surface area contributed by atoms with Crippen molar-refractivity contribution in [2.24, 2.45) is 0 Å². The summed E-state index contributed by atoms with van der Waals surface area (Å²) >= 11 is 0. The molecule has 0 N–H and O–H groups in total. The first-order chi connectivity index (χ1) is 28.6. The fourth-order valence-electron chi connectivity index (χ4n) is 6.12. The molecule has 8 aromatic carbocycles. The molecule has 0 atom stereocenters. The van der Waals surface area contributed by atoms with Gasteiger partial charge in [0.25, 0.3) is 0 Å². The second kappa shape index (κ2) is 10.4. The van der Waals surface area contributed by atoms with Crippen LogP contribution in [0.1, 0.15) is 20.6 Å². The van der Waals surface area contributed by atoms with E-state index in [-0.39, 0.29) is 27.5 Å². The molecule has 1 heterocycles. The van der Waals surface area contributed by atoms with Gasteiger partial charge in [0.05, 0.1) is 20.6 Å². The summed E-state index contributed by atoms with van der Waals surface area (Å²) in [5.41, 5.74) is -0.447. The highest BCUT2D eigenvalue weighted by atomic mass is 16.3. The van der Waals surface area contributed by atoms with Crippen LogP contribution in [0, 0.1) is 0 Å². The van der Waals surface area contributed by atoms with Crippen molar-refractivity contribution < 1.29 is 25.0 Å². The van der Waals surface area contributed by atoms with Crippen molar-refractivity contribution in [1.29, 1.82) is 0 Å². The molecular formula is C44H28O. The lowest BCUT2D eigenvalue weighted by molar-refractivity contribution is 0.670. The number of benzene rings is 8. The van der Waals surface area contributed by atoms with E-state index in [0.717, 1.165) is 21.9 Å². The number of fused-ring (bicyclic) bond motifs is 5. The highest BCUT2D eigenvalue weighted by Gasteiger charge is 2.19. The molecule has 0 unspecified atom stereocenters. The summed E-state index contributed by atoms with van der Waals surface area (Å²) in [5, 5.41) is 2.22. The Labute approximate surface area is 282 Å². The zero-order chi connectivity index (χ0) is 42.8. The molecule has 9 aromatic rings. The van der Waals surface area contributed by atoms with Gasteiger partial charge in [-0.1, -0.05) is 157 Å². The van der Waals surface area contributed by atoms with Crippen LogP contribution in [0.3, 0.4) is 0 Å². The quantitative estimate of drug-likeness (QED) is 0.187. The molecule has 0 saturated heterocycles. The molecule has 0 radical (unpaired) electrons. The molecule has 9 rings (SSSR count). The van der Waals surface area contributed by atoms with Gasteiger partial charge in [0, 0.05) is 16.3 Å². The molecule has 1 aromatic heterocycles. The maximum absolute atomic E-state index is 9.89. The van der Waals surface area contributed by atoms with Gasteiger partial charge < -0.3 is 4.42 Å². The van der Waals surface area contributed by atoms with E-state index in [1.807, 2.05) is 78.9 Å². The van der Waals surface area contributed by atoms with Crippen molar-refractivity contribution in [2.45, 2.75) is 0 Å². The molecule has 1 nitrogen and oxygen atoms in total. The molecular weight excluding hydrogens is 544 g/mol. The average Bonchev–Trinajstić information content (AvgIpc) is 3.65. The largest absolute Gasteiger partial charge is 0.455 e. The van der Waals surface area contributed by atoms with E-state index in [0.29, 0.717) is 16.3 Å². The lowest BCUT2D eigenvalue weighted by atomic mass is 9.85. The van der Waals surface area contributed by atoms with Crippen molar-refractivity contribution in [3.05, 3.63) is 169 Å². The van der Waals surface area contributed by atoms with Crippen LogP contribution in [0.4, 0.5) is 0 Å². The predicted octanol–water partition coefficient (Wildman–Crippen LogP) is 12.6. The third kappa shape index (κ3) is 4.09. The maximum atomic E-state index is 9.89. The second-order valence-electron chi connectivity index (χ2n) is 10.5. The van der Waals surface area contributed by atoms with Gasteiger partial charge >= 0.3 is 0 Å². The molecule has 0 aliphatic carbocycles. The molecule has 0 aliphatic heterocycles. The lowest BCUT2D eigenvalue weighted by Gasteiger charge is -2.18. The van der Waals surface area contributed by atoms with E-state index in [1.54, 1.807) is 0 Å². The highest BCUT2D eigenvalue weighted by molar-refractivity contribution is 6.22. The van der Waals surface area contributed by atoms with E-state index in [2.05, 4.69) is 0 Å². The number of hydrogen-bond donors (Lipinski definition) is 0. The Morgan fingerprint density at radius 1 is 0.400 bits per heavy atom. The van der Waals surface area contributed by atoms with Gasteiger partial charge in [-0.05, 0) is 72.6 Å². The van der Waals surface area contributed by atoms with Crippen molar-refractivity contribution in [3.63, 3.8) is 0 Å². The number of furan rings is 1. The van der Waals surface area contributed by atoms with Crippen molar-refractivity contribution >= 4 is 43.5 Å². The fourth-order valence-corrected chi connectivity index (χ4v) is 6.12. The molecule has 0 bridgehead atoms. The second-order valence-corrected chi connectivity index (χ2v) is 10.5. The average molecular weight is 588 g/mol. The summed E-state index contributed by atoms with van der Waals surface area (Å²) in [6, 6.07) is 14.6. The minimum Gasteiger partial charge on any atom is -0.455 e. The van der Waals surface area contributed by atoms with Crippen LogP contribution in [0.25, 0.3) is 88.0 Å². The Hall–Kier alpha value is -5.92. The summed E-state index contributed by atoms with van der Waals surface area (Å²) in [4.78, 5) is 0. The van der Waals surface area contributed by atoms with Gasteiger partial charge in [-0.15, -0.1) is 0 Å². The van der Waals surface area contributed by atoms with Gasteiger partial charge in [-0.3, -0.25) is 0 Å². The van der Waals surface area contributed by atoms with Gasteiger partial charge in [0.2, 0.25) is 0 Å². The minimum absolute atomic E-state index is 0.0552. The number of para-hydroxylation sites is 1. The van der Waals surface area contributed by atoms with Gasteiger partial charge in [0.1, 0.15) is 11.2 Å². The minimum atomic E-state index is -0.747. The first-order valence-corrected chi connectivity index (χ1v) is 14.2. The topological polar surface area (TPSA) is 13.1 Å². The summed E-state index contributed by atoms with van der Waals surface area (Å²) in [6.45, 7) is 0. The molecule has 45 heavy (non-hydrogen) atoms. The van der Waals surface area contributed by atoms with Crippen LogP contribution in [-0.2, 0) is 0 Å². The van der Waals surface area contributed by atoms with Crippen LogP contribution in [0.5, 0.6) is 0 Å². The fraction of sp³-hybridized carbons (Fsp3) is 0. The Kier molecular flexibility index (Phi) is 3.39. The molecule has 1 heteroatoms. The molecule has 210 valence electrons. The molecule has 0 spiro atoms. The first-order valence-electron chi connectivity index (χ1n) is 21.7. The van der Waals surface area contributed by atoms with E-state index in [4.69, 9.17) is 19.5 Å². The summed E-state index contributed by atoms with van der Waals surface area (Å²) in [5.74, 6) is 0. The Balaban J connectivity index is 1.47. The molecule has 0 saturated carbocycles. The van der Waals surface area contributed by atoms with E-state index in [1.165, 1.54) is 0 Å². The molecule has 0 aliphatic rings. The van der Waals surface area contributed by atoms with Crippen LogP contribution < -0.4 is 0 Å². The third-order valence-corrected chi connectivity index (χ3v) is 7.99. The summed E-state index contributed by atoms with van der Waals surface area (Å²) in [7, 11) is 0. The van der Waals surface area contributed by atoms with Crippen LogP contribution in [-0.4, -0.2) is 0 Å². The van der Waals surface area contributed by atoms with Crippen LogP contribution >= 0.6 is 0 Å². The molecule has 0 fully saturated rings. The third-order valence-electron chi connectivity index (χ3n) is 7.99. The van der Waals surface area contributed by atoms with Crippen molar-refractivity contribution in [3.8, 4) is 44.5 Å². The van der Waals surface area contributed by atoms with Crippen molar-refractivity contribution in [1.82, 2.24) is 0 Å². The molecule has 0 amide bonds. The summed E-state index contributed by atoms with van der Waals surface area (Å²) < 4.78 is 140. The van der Waals surface area contributed by atoms with E-state index < -0.39 is 113 Å². The standard InChI is InChI=1S/C44H28O/c1-3-14-29(15-4-1)34-25-12-26-39-43-33(24-13-27-40(43)45-44(34)39)31-18-11-19-32(28-31)42-37-22-9-7-20-35(37)41(30-16-5-2-6-17-30)36-21-8-10-23-38(36)42/h1-28H/i1D,3D,4D,11D,12D,13D,14D,15D,18D,19D,24D,25D,26D,27D,28D. The zero-order valence-electron chi connectivity index (χ0n) is 38.4. The summed E-state index contributed by atoms with van der Waals surface area (Å²) in [6.07, 6.45) is 0.